The second-order valence-electron chi connectivity index (χ2n) is 4.71. The molecule has 0 radical (unpaired) electrons. The van der Waals surface area contributed by atoms with Crippen molar-refractivity contribution in [1.29, 1.82) is 0 Å². The molecule has 0 aromatic carbocycles. The lowest BCUT2D eigenvalue weighted by Gasteiger charge is -2.37. The van der Waals surface area contributed by atoms with Gasteiger partial charge >= 0.3 is 6.09 Å². The van der Waals surface area contributed by atoms with Crippen molar-refractivity contribution in [1.82, 2.24) is 9.80 Å². The van der Waals surface area contributed by atoms with E-state index in [1.54, 1.807) is 9.80 Å². The summed E-state index contributed by atoms with van der Waals surface area (Å²) in [6.45, 7) is 2.76. The van der Waals surface area contributed by atoms with Gasteiger partial charge in [-0.15, -0.1) is 0 Å². The van der Waals surface area contributed by atoms with Crippen LogP contribution < -0.4 is 5.73 Å². The van der Waals surface area contributed by atoms with E-state index in [1.807, 2.05) is 0 Å². The summed E-state index contributed by atoms with van der Waals surface area (Å²) >= 11 is 0. The molecule has 7 heteroatoms. The lowest BCUT2D eigenvalue weighted by molar-refractivity contribution is -0.138. The Bertz CT molecular complexity index is 333. The van der Waals surface area contributed by atoms with E-state index in [0.717, 1.165) is 0 Å². The predicted octanol–water partition coefficient (Wildman–Crippen LogP) is -0.985. The number of carbonyl (C=O) groups excluding carboxylic acids is 2. The SMILES string of the molecule is COC(=O)N1CCN(C(=O)C2(N)CCOC2)CC1. The summed E-state index contributed by atoms with van der Waals surface area (Å²) in [4.78, 5) is 26.9. The van der Waals surface area contributed by atoms with Crippen molar-refractivity contribution in [2.75, 3.05) is 46.5 Å². The third-order valence-corrected chi connectivity index (χ3v) is 3.48. The van der Waals surface area contributed by atoms with Crippen LogP contribution in [0.2, 0.25) is 0 Å². The lowest BCUT2D eigenvalue weighted by atomic mass is 9.98. The van der Waals surface area contributed by atoms with Gasteiger partial charge in [-0.3, -0.25) is 4.79 Å². The number of carbonyl (C=O) groups is 2. The molecule has 18 heavy (non-hydrogen) atoms. The minimum absolute atomic E-state index is 0.0792. The first kappa shape index (κ1) is 13.1. The van der Waals surface area contributed by atoms with Gasteiger partial charge in [0.1, 0.15) is 5.54 Å². The molecular weight excluding hydrogens is 238 g/mol. The molecule has 7 nitrogen and oxygen atoms in total. The third-order valence-electron chi connectivity index (χ3n) is 3.48. The Hall–Kier alpha value is -1.34. The summed E-state index contributed by atoms with van der Waals surface area (Å²) in [6.07, 6.45) is 0.206. The number of piperazine rings is 1. The van der Waals surface area contributed by atoms with E-state index in [4.69, 9.17) is 10.5 Å². The number of methoxy groups -OCH3 is 1. The van der Waals surface area contributed by atoms with Crippen LogP contribution in [0.25, 0.3) is 0 Å². The minimum atomic E-state index is -0.882. The fraction of sp³-hybridized carbons (Fsp3) is 0.818. The van der Waals surface area contributed by atoms with Gasteiger partial charge < -0.3 is 25.0 Å². The van der Waals surface area contributed by atoms with Crippen LogP contribution in [0, 0.1) is 0 Å². The molecule has 2 saturated heterocycles. The van der Waals surface area contributed by atoms with Crippen LogP contribution in [0.4, 0.5) is 4.79 Å². The van der Waals surface area contributed by atoms with E-state index in [2.05, 4.69) is 4.74 Å². The lowest BCUT2D eigenvalue weighted by Crippen LogP contribution is -2.60. The Morgan fingerprint density at radius 1 is 1.22 bits per heavy atom. The van der Waals surface area contributed by atoms with Crippen LogP contribution in [0.1, 0.15) is 6.42 Å². The normalized spacial score (nSPS) is 28.3. The number of ether oxygens (including phenoxy) is 2. The molecule has 0 aromatic heterocycles. The highest BCUT2D eigenvalue weighted by molar-refractivity contribution is 5.87. The van der Waals surface area contributed by atoms with E-state index < -0.39 is 5.54 Å². The molecule has 2 aliphatic heterocycles. The molecule has 2 fully saturated rings. The first-order valence-corrected chi connectivity index (χ1v) is 6.06. The van der Waals surface area contributed by atoms with Crippen LogP contribution in [-0.4, -0.2) is 73.8 Å². The molecule has 0 saturated carbocycles. The van der Waals surface area contributed by atoms with Gasteiger partial charge in [0.15, 0.2) is 0 Å². The molecule has 0 bridgehead atoms. The summed E-state index contributed by atoms with van der Waals surface area (Å²) in [5.74, 6) is -0.0792. The Morgan fingerprint density at radius 3 is 2.33 bits per heavy atom. The molecule has 2 heterocycles. The maximum absolute atomic E-state index is 12.3. The van der Waals surface area contributed by atoms with Gasteiger partial charge in [0.05, 0.1) is 13.7 Å². The molecule has 0 aliphatic carbocycles. The maximum Gasteiger partial charge on any atom is 0.409 e. The quantitative estimate of drug-likeness (QED) is 0.652. The molecule has 2 aliphatic rings. The fourth-order valence-electron chi connectivity index (χ4n) is 2.29. The van der Waals surface area contributed by atoms with Crippen molar-refractivity contribution in [2.24, 2.45) is 5.73 Å². The van der Waals surface area contributed by atoms with Crippen LogP contribution in [-0.2, 0) is 14.3 Å². The Kier molecular flexibility index (Phi) is 3.72. The molecule has 2 rings (SSSR count). The van der Waals surface area contributed by atoms with Crippen LogP contribution in [0.3, 0.4) is 0 Å². The van der Waals surface area contributed by atoms with Crippen molar-refractivity contribution < 1.29 is 19.1 Å². The molecular formula is C11H19N3O4. The van der Waals surface area contributed by atoms with Crippen LogP contribution in [0.15, 0.2) is 0 Å². The minimum Gasteiger partial charge on any atom is -0.453 e. The van der Waals surface area contributed by atoms with Crippen molar-refractivity contribution in [3.05, 3.63) is 0 Å². The van der Waals surface area contributed by atoms with E-state index in [0.29, 0.717) is 39.2 Å². The smallest absolute Gasteiger partial charge is 0.409 e. The molecule has 0 aromatic rings. The predicted molar refractivity (Wildman–Crippen MR) is 62.9 cm³/mol. The highest BCUT2D eigenvalue weighted by Crippen LogP contribution is 2.19. The van der Waals surface area contributed by atoms with Gasteiger partial charge in [-0.2, -0.15) is 0 Å². The number of nitrogens with zero attached hydrogens (tertiary/aromatic N) is 2. The Morgan fingerprint density at radius 2 is 1.83 bits per heavy atom. The number of hydrogen-bond acceptors (Lipinski definition) is 5. The van der Waals surface area contributed by atoms with Crippen LogP contribution >= 0.6 is 0 Å². The first-order valence-electron chi connectivity index (χ1n) is 6.06. The second kappa shape index (κ2) is 5.11. The van der Waals surface area contributed by atoms with Crippen molar-refractivity contribution in [3.8, 4) is 0 Å². The molecule has 1 atom stereocenters. The largest absolute Gasteiger partial charge is 0.453 e. The zero-order valence-electron chi connectivity index (χ0n) is 10.6. The Labute approximate surface area is 106 Å². The van der Waals surface area contributed by atoms with Crippen molar-refractivity contribution in [2.45, 2.75) is 12.0 Å². The third kappa shape index (κ3) is 2.41. The van der Waals surface area contributed by atoms with Crippen molar-refractivity contribution in [3.63, 3.8) is 0 Å². The van der Waals surface area contributed by atoms with Crippen molar-refractivity contribution >= 4 is 12.0 Å². The summed E-state index contributed by atoms with van der Waals surface area (Å²) in [6, 6.07) is 0. The molecule has 2 amide bonds. The topological polar surface area (TPSA) is 85.1 Å². The first-order chi connectivity index (χ1) is 8.57. The Balaban J connectivity index is 1.89. The number of rotatable bonds is 1. The zero-order chi connectivity index (χ0) is 13.2. The van der Waals surface area contributed by atoms with Crippen LogP contribution in [0.5, 0.6) is 0 Å². The monoisotopic (exact) mass is 257 g/mol. The zero-order valence-corrected chi connectivity index (χ0v) is 10.6. The van der Waals surface area contributed by atoms with Gasteiger partial charge in [-0.1, -0.05) is 0 Å². The summed E-state index contributed by atoms with van der Waals surface area (Å²) in [7, 11) is 1.35. The van der Waals surface area contributed by atoms with Gasteiger partial charge in [0.2, 0.25) is 5.91 Å². The molecule has 1 unspecified atom stereocenters. The number of hydrogen-bond donors (Lipinski definition) is 1. The molecule has 2 N–H and O–H groups in total. The van der Waals surface area contributed by atoms with Gasteiger partial charge in [0, 0.05) is 32.8 Å². The highest BCUT2D eigenvalue weighted by Gasteiger charge is 2.41. The molecule has 102 valence electrons. The average molecular weight is 257 g/mol. The maximum atomic E-state index is 12.3. The van der Waals surface area contributed by atoms with E-state index >= 15 is 0 Å². The number of nitrogens with two attached hydrogens (primary N) is 1. The van der Waals surface area contributed by atoms with E-state index in [-0.39, 0.29) is 18.6 Å². The highest BCUT2D eigenvalue weighted by atomic mass is 16.5. The average Bonchev–Trinajstić information content (AvgIpc) is 2.85. The van der Waals surface area contributed by atoms with Gasteiger partial charge in [-0.25, -0.2) is 4.79 Å². The fourth-order valence-corrected chi connectivity index (χ4v) is 2.29. The molecule has 0 spiro atoms. The van der Waals surface area contributed by atoms with E-state index in [9.17, 15) is 9.59 Å². The second-order valence-corrected chi connectivity index (χ2v) is 4.71. The standard InChI is InChI=1S/C11H19N3O4/c1-17-10(16)14-5-3-13(4-6-14)9(15)11(12)2-7-18-8-11/h2-8,12H2,1H3. The van der Waals surface area contributed by atoms with E-state index in [1.165, 1.54) is 7.11 Å². The number of amides is 2. The summed E-state index contributed by atoms with van der Waals surface area (Å²) < 4.78 is 9.84. The van der Waals surface area contributed by atoms with Gasteiger partial charge in [0.25, 0.3) is 0 Å². The summed E-state index contributed by atoms with van der Waals surface area (Å²) in [5, 5.41) is 0. The summed E-state index contributed by atoms with van der Waals surface area (Å²) in [5.41, 5.74) is 5.15. The van der Waals surface area contributed by atoms with Gasteiger partial charge in [-0.05, 0) is 6.42 Å².